The first-order valence-electron chi connectivity index (χ1n) is 5.62. The van der Waals surface area contributed by atoms with Crippen molar-refractivity contribution in [2.75, 3.05) is 5.32 Å². The van der Waals surface area contributed by atoms with Crippen LogP contribution in [0, 0.1) is 5.92 Å². The average Bonchev–Trinajstić information content (AvgIpc) is 2.97. The van der Waals surface area contributed by atoms with Crippen molar-refractivity contribution in [2.24, 2.45) is 5.92 Å². The summed E-state index contributed by atoms with van der Waals surface area (Å²) in [7, 11) is 0. The Morgan fingerprint density at radius 1 is 1.59 bits per heavy atom. The van der Waals surface area contributed by atoms with E-state index >= 15 is 0 Å². The Morgan fingerprint density at radius 2 is 2.53 bits per heavy atom. The standard InChI is InChI=1S/C11H13N5O/c17-11(14-10-1-3-13-15-10)8-2-4-16-7-12-6-9(16)5-8/h1,3,6-8H,2,4-5H2,(H2,13,14,15,17). The van der Waals surface area contributed by atoms with E-state index in [2.05, 4.69) is 25.1 Å². The van der Waals surface area contributed by atoms with Gasteiger partial charge in [0.15, 0.2) is 0 Å². The third-order valence-electron chi connectivity index (χ3n) is 3.10. The zero-order valence-electron chi connectivity index (χ0n) is 9.26. The van der Waals surface area contributed by atoms with Gasteiger partial charge in [0.2, 0.25) is 5.91 Å². The van der Waals surface area contributed by atoms with E-state index in [-0.39, 0.29) is 11.8 Å². The Balaban J connectivity index is 1.68. The molecule has 88 valence electrons. The number of imidazole rings is 1. The third-order valence-corrected chi connectivity index (χ3v) is 3.10. The molecule has 0 bridgehead atoms. The van der Waals surface area contributed by atoms with Gasteiger partial charge in [-0.15, -0.1) is 0 Å². The fourth-order valence-electron chi connectivity index (χ4n) is 2.15. The lowest BCUT2D eigenvalue weighted by atomic mass is 9.95. The van der Waals surface area contributed by atoms with Gasteiger partial charge in [-0.25, -0.2) is 4.98 Å². The molecule has 1 unspecified atom stereocenters. The van der Waals surface area contributed by atoms with E-state index in [9.17, 15) is 4.79 Å². The van der Waals surface area contributed by atoms with Gasteiger partial charge in [0.05, 0.1) is 12.5 Å². The number of rotatable bonds is 2. The van der Waals surface area contributed by atoms with Crippen LogP contribution in [0.1, 0.15) is 12.1 Å². The van der Waals surface area contributed by atoms with Crippen LogP contribution in [-0.2, 0) is 17.8 Å². The summed E-state index contributed by atoms with van der Waals surface area (Å²) in [5.74, 6) is 0.707. The second-order valence-corrected chi connectivity index (χ2v) is 4.23. The molecule has 1 amide bonds. The molecule has 6 heteroatoms. The number of nitrogens with zero attached hydrogens (tertiary/aromatic N) is 3. The minimum absolute atomic E-state index is 0.0162. The highest BCUT2D eigenvalue weighted by atomic mass is 16.2. The normalized spacial score (nSPS) is 18.7. The molecule has 6 nitrogen and oxygen atoms in total. The fourth-order valence-corrected chi connectivity index (χ4v) is 2.15. The van der Waals surface area contributed by atoms with Gasteiger partial charge in [-0.2, -0.15) is 5.10 Å². The average molecular weight is 231 g/mol. The smallest absolute Gasteiger partial charge is 0.229 e. The van der Waals surface area contributed by atoms with Crippen LogP contribution in [0.2, 0.25) is 0 Å². The number of carbonyl (C=O) groups is 1. The van der Waals surface area contributed by atoms with E-state index in [0.29, 0.717) is 5.82 Å². The molecule has 0 fully saturated rings. The first-order valence-corrected chi connectivity index (χ1v) is 5.62. The summed E-state index contributed by atoms with van der Waals surface area (Å²) in [6.45, 7) is 0.858. The van der Waals surface area contributed by atoms with Crippen molar-refractivity contribution in [2.45, 2.75) is 19.4 Å². The summed E-state index contributed by atoms with van der Waals surface area (Å²) in [6.07, 6.45) is 6.86. The van der Waals surface area contributed by atoms with Crippen molar-refractivity contribution < 1.29 is 4.79 Å². The number of hydrogen-bond donors (Lipinski definition) is 2. The van der Waals surface area contributed by atoms with Crippen molar-refractivity contribution in [1.82, 2.24) is 19.7 Å². The van der Waals surface area contributed by atoms with E-state index in [1.165, 1.54) is 0 Å². The summed E-state index contributed by atoms with van der Waals surface area (Å²) in [4.78, 5) is 16.1. The van der Waals surface area contributed by atoms with E-state index in [4.69, 9.17) is 0 Å². The first-order chi connectivity index (χ1) is 8.33. The van der Waals surface area contributed by atoms with E-state index < -0.39 is 0 Å². The zero-order chi connectivity index (χ0) is 11.7. The Hall–Kier alpha value is -2.11. The number of aromatic nitrogens is 4. The van der Waals surface area contributed by atoms with Crippen LogP contribution in [0.15, 0.2) is 24.8 Å². The van der Waals surface area contributed by atoms with Crippen molar-refractivity contribution in [1.29, 1.82) is 0 Å². The molecule has 1 aliphatic heterocycles. The quantitative estimate of drug-likeness (QED) is 0.803. The fraction of sp³-hybridized carbons (Fsp3) is 0.364. The first kappa shape index (κ1) is 10.1. The van der Waals surface area contributed by atoms with Crippen molar-refractivity contribution in [3.63, 3.8) is 0 Å². The van der Waals surface area contributed by atoms with Crippen LogP contribution >= 0.6 is 0 Å². The van der Waals surface area contributed by atoms with Gasteiger partial charge in [0.25, 0.3) is 0 Å². The van der Waals surface area contributed by atoms with Crippen LogP contribution in [0.3, 0.4) is 0 Å². The largest absolute Gasteiger partial charge is 0.335 e. The lowest BCUT2D eigenvalue weighted by Gasteiger charge is -2.22. The molecule has 0 saturated carbocycles. The minimum atomic E-state index is 0.0162. The molecule has 0 radical (unpaired) electrons. The number of aryl methyl sites for hydroxylation is 1. The zero-order valence-corrected chi connectivity index (χ0v) is 9.26. The molecule has 0 aliphatic carbocycles. The van der Waals surface area contributed by atoms with Gasteiger partial charge < -0.3 is 9.88 Å². The van der Waals surface area contributed by atoms with Crippen LogP contribution in [0.4, 0.5) is 5.82 Å². The number of H-pyrrole nitrogens is 1. The molecule has 3 heterocycles. The topological polar surface area (TPSA) is 75.6 Å². The van der Waals surface area contributed by atoms with Crippen LogP contribution in [-0.4, -0.2) is 25.7 Å². The molecule has 17 heavy (non-hydrogen) atoms. The Labute approximate surface area is 98.1 Å². The number of amides is 1. The van der Waals surface area contributed by atoms with Gasteiger partial charge in [-0.3, -0.25) is 9.89 Å². The van der Waals surface area contributed by atoms with Gasteiger partial charge in [0, 0.05) is 36.8 Å². The number of hydrogen-bond acceptors (Lipinski definition) is 3. The molecule has 3 rings (SSSR count). The highest BCUT2D eigenvalue weighted by Crippen LogP contribution is 2.21. The number of nitrogens with one attached hydrogen (secondary N) is 2. The van der Waals surface area contributed by atoms with E-state index in [1.54, 1.807) is 12.3 Å². The third kappa shape index (κ3) is 1.93. The second-order valence-electron chi connectivity index (χ2n) is 4.23. The molecule has 1 aliphatic rings. The van der Waals surface area contributed by atoms with Crippen molar-refractivity contribution >= 4 is 11.7 Å². The summed E-state index contributed by atoms with van der Waals surface area (Å²) in [5, 5.41) is 9.34. The monoisotopic (exact) mass is 231 g/mol. The molecule has 2 aromatic heterocycles. The Bertz CT molecular complexity index is 516. The van der Waals surface area contributed by atoms with Gasteiger partial charge in [-0.05, 0) is 6.42 Å². The van der Waals surface area contributed by atoms with Crippen LogP contribution in [0.25, 0.3) is 0 Å². The lowest BCUT2D eigenvalue weighted by Crippen LogP contribution is -2.30. The predicted molar refractivity (Wildman–Crippen MR) is 61.3 cm³/mol. The summed E-state index contributed by atoms with van der Waals surface area (Å²) < 4.78 is 2.10. The molecule has 2 N–H and O–H groups in total. The second kappa shape index (κ2) is 4.04. The number of anilines is 1. The molecule has 1 atom stereocenters. The summed E-state index contributed by atoms with van der Waals surface area (Å²) >= 11 is 0. The SMILES string of the molecule is O=C(Nc1ccn[nH]1)C1CCn2cncc2C1. The van der Waals surface area contributed by atoms with Crippen LogP contribution in [0.5, 0.6) is 0 Å². The maximum Gasteiger partial charge on any atom is 0.229 e. The Kier molecular flexibility index (Phi) is 2.40. The predicted octanol–water partition coefficient (Wildman–Crippen LogP) is 0.807. The highest BCUT2D eigenvalue weighted by Gasteiger charge is 2.24. The lowest BCUT2D eigenvalue weighted by molar-refractivity contribution is -0.120. The van der Waals surface area contributed by atoms with E-state index in [0.717, 1.165) is 25.1 Å². The molecule has 0 aromatic carbocycles. The minimum Gasteiger partial charge on any atom is -0.335 e. The van der Waals surface area contributed by atoms with E-state index in [1.807, 2.05) is 12.5 Å². The van der Waals surface area contributed by atoms with Gasteiger partial charge >= 0.3 is 0 Å². The van der Waals surface area contributed by atoms with Crippen LogP contribution < -0.4 is 5.32 Å². The molecule has 0 spiro atoms. The number of fused-ring (bicyclic) bond motifs is 1. The molecule has 2 aromatic rings. The molecular weight excluding hydrogens is 218 g/mol. The van der Waals surface area contributed by atoms with Gasteiger partial charge in [0.1, 0.15) is 5.82 Å². The maximum absolute atomic E-state index is 12.0. The Morgan fingerprint density at radius 3 is 3.35 bits per heavy atom. The highest BCUT2D eigenvalue weighted by molar-refractivity contribution is 5.91. The molecule has 0 saturated heterocycles. The maximum atomic E-state index is 12.0. The van der Waals surface area contributed by atoms with Gasteiger partial charge in [-0.1, -0.05) is 0 Å². The number of carbonyl (C=O) groups excluding carboxylic acids is 1. The van der Waals surface area contributed by atoms with Crippen molar-refractivity contribution in [3.8, 4) is 0 Å². The molecular formula is C11H13N5O. The summed E-state index contributed by atoms with van der Waals surface area (Å²) in [5.41, 5.74) is 1.13. The number of aromatic amines is 1. The summed E-state index contributed by atoms with van der Waals surface area (Å²) in [6, 6.07) is 1.74. The van der Waals surface area contributed by atoms with Crippen molar-refractivity contribution in [3.05, 3.63) is 30.5 Å².